The summed E-state index contributed by atoms with van der Waals surface area (Å²) >= 11 is 0. The minimum Gasteiger partial charge on any atom is -0.388 e. The summed E-state index contributed by atoms with van der Waals surface area (Å²) in [4.78, 5) is 9.92. The van der Waals surface area contributed by atoms with Crippen molar-refractivity contribution in [3.05, 3.63) is 0 Å². The minimum absolute atomic E-state index is 0.347. The van der Waals surface area contributed by atoms with E-state index in [1.807, 2.05) is 0 Å². The van der Waals surface area contributed by atoms with Gasteiger partial charge in [0.1, 0.15) is 44.5 Å². The van der Waals surface area contributed by atoms with Crippen molar-refractivity contribution in [3.8, 4) is 0 Å². The van der Waals surface area contributed by atoms with Crippen LogP contribution in [-0.2, 0) is 36.7 Å². The third-order valence-electron chi connectivity index (χ3n) is 4.39. The maximum Gasteiger partial charge on any atom is 0.472 e. The molecule has 4 unspecified atom stereocenters. The van der Waals surface area contributed by atoms with Crippen molar-refractivity contribution in [1.29, 1.82) is 0 Å². The highest BCUT2D eigenvalue weighted by Gasteiger charge is 2.50. The molecule has 11 nitrogen and oxygen atoms in total. The lowest BCUT2D eigenvalue weighted by Gasteiger charge is -2.29. The molecule has 3 heterocycles. The molecule has 0 aromatic heterocycles. The summed E-state index contributed by atoms with van der Waals surface area (Å²) < 4.78 is 56.0. The quantitative estimate of drug-likeness (QED) is 0.335. The maximum atomic E-state index is 12.6. The zero-order valence-electron chi connectivity index (χ0n) is 14.1. The summed E-state index contributed by atoms with van der Waals surface area (Å²) in [6.45, 7) is 1.85. The van der Waals surface area contributed by atoms with Crippen molar-refractivity contribution in [2.75, 3.05) is 19.9 Å². The van der Waals surface area contributed by atoms with E-state index in [9.17, 15) is 24.2 Å². The molecule has 0 spiro atoms. The molecule has 0 aliphatic carbocycles. The fraction of sp³-hybridized carbons (Fsp3) is 1.00. The smallest absolute Gasteiger partial charge is 0.388 e. The highest BCUT2D eigenvalue weighted by atomic mass is 31.2. The molecule has 3 saturated heterocycles. The molecule has 148 valence electrons. The third-order valence-corrected chi connectivity index (χ3v) is 6.62. The van der Waals surface area contributed by atoms with E-state index in [2.05, 4.69) is 0 Å². The standard InChI is InChI=1S/C12H21BO11P2/c1-5-8(14)10-6(21-5)3-19-25(2,16)23-11-7(22-12(13)9(11)15)4-20-26(17,18)24-10/h5-12,14-15H,3-4H2,1-2H3,(H,17,18)/t5-,6+,7+,8?,9?,10-,11-,12+,25?/m0/s1. The zero-order chi connectivity index (χ0) is 19.3. The highest BCUT2D eigenvalue weighted by molar-refractivity contribution is 7.53. The molecule has 3 fully saturated rings. The number of ether oxygens (including phenoxy) is 2. The van der Waals surface area contributed by atoms with E-state index in [1.54, 1.807) is 6.92 Å². The van der Waals surface area contributed by atoms with Gasteiger partial charge in [-0.3, -0.25) is 18.1 Å². The third kappa shape index (κ3) is 4.42. The fourth-order valence-electron chi connectivity index (χ4n) is 3.03. The van der Waals surface area contributed by atoms with Crippen LogP contribution in [0.4, 0.5) is 0 Å². The Balaban J connectivity index is 1.85. The second-order valence-electron chi connectivity index (χ2n) is 6.47. The van der Waals surface area contributed by atoms with Gasteiger partial charge in [-0.1, -0.05) is 0 Å². The van der Waals surface area contributed by atoms with Gasteiger partial charge in [0, 0.05) is 12.7 Å². The highest BCUT2D eigenvalue weighted by Crippen LogP contribution is 2.52. The first-order chi connectivity index (χ1) is 12.0. The second kappa shape index (κ2) is 7.53. The van der Waals surface area contributed by atoms with Gasteiger partial charge in [-0.05, 0) is 6.92 Å². The summed E-state index contributed by atoms with van der Waals surface area (Å²) in [5.74, 6) is 0. The van der Waals surface area contributed by atoms with E-state index in [-0.39, 0.29) is 6.61 Å². The van der Waals surface area contributed by atoms with E-state index in [0.29, 0.717) is 0 Å². The minimum atomic E-state index is -4.62. The number of phosphoric ester groups is 1. The Labute approximate surface area is 151 Å². The van der Waals surface area contributed by atoms with Crippen LogP contribution in [0.2, 0.25) is 0 Å². The number of rotatable bonds is 0. The van der Waals surface area contributed by atoms with Crippen molar-refractivity contribution in [3.63, 3.8) is 0 Å². The molecule has 14 heteroatoms. The van der Waals surface area contributed by atoms with Gasteiger partial charge in [-0.2, -0.15) is 0 Å². The van der Waals surface area contributed by atoms with Crippen LogP contribution in [0.5, 0.6) is 0 Å². The molecule has 3 aliphatic heterocycles. The molecule has 3 rings (SSSR count). The Morgan fingerprint density at radius 2 is 1.54 bits per heavy atom. The van der Waals surface area contributed by atoms with Crippen molar-refractivity contribution in [2.24, 2.45) is 0 Å². The van der Waals surface area contributed by atoms with Crippen LogP contribution in [0.3, 0.4) is 0 Å². The molecule has 0 amide bonds. The van der Waals surface area contributed by atoms with Crippen LogP contribution in [0.1, 0.15) is 6.92 Å². The average Bonchev–Trinajstić information content (AvgIpc) is 2.95. The summed E-state index contributed by atoms with van der Waals surface area (Å²) in [5.41, 5.74) is 0. The van der Waals surface area contributed by atoms with E-state index in [1.165, 1.54) is 6.66 Å². The predicted octanol–water partition coefficient (Wildman–Crippen LogP) is -0.871. The lowest BCUT2D eigenvalue weighted by molar-refractivity contribution is -0.0428. The molecule has 3 aliphatic rings. The topological polar surface area (TPSA) is 150 Å². The Morgan fingerprint density at radius 3 is 2.23 bits per heavy atom. The SMILES string of the molecule is [B][C@@H]1O[C@@H]2COP(=O)(O)O[C@@H]3C(O)[C@H](C)O[C@@H]3COP(C)(=O)O[C@@H]2C1O. The number of aliphatic hydroxyl groups excluding tert-OH is 2. The van der Waals surface area contributed by atoms with Crippen molar-refractivity contribution < 1.29 is 51.8 Å². The van der Waals surface area contributed by atoms with Crippen LogP contribution in [0, 0.1) is 0 Å². The molecule has 2 radical (unpaired) electrons. The average molecular weight is 414 g/mol. The molecule has 26 heavy (non-hydrogen) atoms. The largest absolute Gasteiger partial charge is 0.472 e. The molecule has 0 saturated carbocycles. The Bertz CT molecular complexity index is 568. The number of aliphatic hydroxyl groups is 2. The molecular formula is C12H21BO11P2. The van der Waals surface area contributed by atoms with Gasteiger partial charge in [0.25, 0.3) is 0 Å². The lowest BCUT2D eigenvalue weighted by Crippen LogP contribution is -2.39. The second-order valence-corrected chi connectivity index (χ2v) is 9.89. The first-order valence-electron chi connectivity index (χ1n) is 7.98. The van der Waals surface area contributed by atoms with Gasteiger partial charge in [-0.15, -0.1) is 0 Å². The summed E-state index contributed by atoms with van der Waals surface area (Å²) in [7, 11) is -2.72. The molecule has 0 bridgehead atoms. The van der Waals surface area contributed by atoms with Crippen molar-refractivity contribution >= 4 is 23.3 Å². The van der Waals surface area contributed by atoms with Gasteiger partial charge in [-0.25, -0.2) is 4.57 Å². The van der Waals surface area contributed by atoms with E-state index < -0.39 is 70.8 Å². The zero-order valence-corrected chi connectivity index (χ0v) is 15.9. The Morgan fingerprint density at radius 1 is 0.962 bits per heavy atom. The molecule has 0 aromatic carbocycles. The maximum absolute atomic E-state index is 12.6. The normalized spacial score (nSPS) is 56.2. The molecular weight excluding hydrogens is 393 g/mol. The van der Waals surface area contributed by atoms with Gasteiger partial charge in [0.15, 0.2) is 0 Å². The fourth-order valence-corrected chi connectivity index (χ4v) is 5.17. The van der Waals surface area contributed by atoms with Crippen molar-refractivity contribution in [1.82, 2.24) is 0 Å². The Hall–Kier alpha value is 0.165. The summed E-state index contributed by atoms with van der Waals surface area (Å²) in [5, 5.41) is 20.2. The first kappa shape index (κ1) is 20.9. The van der Waals surface area contributed by atoms with Crippen LogP contribution in [0.25, 0.3) is 0 Å². The Kier molecular flexibility index (Phi) is 6.05. The monoisotopic (exact) mass is 414 g/mol. The van der Waals surface area contributed by atoms with Crippen LogP contribution in [-0.4, -0.2) is 91.6 Å². The van der Waals surface area contributed by atoms with E-state index >= 15 is 0 Å². The summed E-state index contributed by atoms with van der Waals surface area (Å²) in [6.07, 6.45) is -7.79. The van der Waals surface area contributed by atoms with Gasteiger partial charge in [0.05, 0.1) is 19.3 Å². The number of hydrogen-bond donors (Lipinski definition) is 3. The summed E-state index contributed by atoms with van der Waals surface area (Å²) in [6, 6.07) is -1.16. The van der Waals surface area contributed by atoms with E-state index in [4.69, 9.17) is 35.4 Å². The van der Waals surface area contributed by atoms with Gasteiger partial charge >= 0.3 is 15.4 Å². The molecule has 10 atom stereocenters. The van der Waals surface area contributed by atoms with Crippen LogP contribution >= 0.6 is 15.4 Å². The van der Waals surface area contributed by atoms with Crippen LogP contribution < -0.4 is 0 Å². The number of phosphoric acid groups is 1. The number of fused-ring (bicyclic) bond motifs is 2. The lowest BCUT2D eigenvalue weighted by atomic mass is 9.93. The van der Waals surface area contributed by atoms with Crippen molar-refractivity contribution in [2.45, 2.75) is 55.7 Å². The number of hydrogen-bond acceptors (Lipinski definition) is 10. The molecule has 3 N–H and O–H groups in total. The molecule has 0 aromatic rings. The first-order valence-corrected chi connectivity index (χ1v) is 11.5. The van der Waals surface area contributed by atoms with Crippen LogP contribution in [0.15, 0.2) is 0 Å². The van der Waals surface area contributed by atoms with Gasteiger partial charge < -0.3 is 29.1 Å². The predicted molar refractivity (Wildman–Crippen MR) is 85.8 cm³/mol. The van der Waals surface area contributed by atoms with Gasteiger partial charge in [0.2, 0.25) is 0 Å². The van der Waals surface area contributed by atoms with E-state index in [0.717, 1.165) is 0 Å².